The number of halogens is 1. The zero-order valence-electron chi connectivity index (χ0n) is 16.1. The standard InChI is InChI=1S/C20H26FN3O3/c1-13(2)11-23-12-18(25)24-9-8-22(7-6-17(24)20(23)27)19(26)15-5-4-14(3)16(21)10-15/h4-5,10,13,17H,6-9,11-12H2,1-3H3. The van der Waals surface area contributed by atoms with Crippen molar-refractivity contribution in [2.45, 2.75) is 33.2 Å². The smallest absolute Gasteiger partial charge is 0.254 e. The normalized spacial score (nSPS) is 20.8. The summed E-state index contributed by atoms with van der Waals surface area (Å²) in [4.78, 5) is 42.9. The summed E-state index contributed by atoms with van der Waals surface area (Å²) >= 11 is 0. The molecule has 27 heavy (non-hydrogen) atoms. The number of carbonyl (C=O) groups excluding carboxylic acids is 3. The van der Waals surface area contributed by atoms with E-state index in [9.17, 15) is 18.8 Å². The molecular formula is C20H26FN3O3. The Morgan fingerprint density at radius 3 is 2.63 bits per heavy atom. The molecule has 2 heterocycles. The number of carbonyl (C=O) groups is 3. The van der Waals surface area contributed by atoms with E-state index in [4.69, 9.17) is 0 Å². The van der Waals surface area contributed by atoms with Crippen molar-refractivity contribution >= 4 is 17.7 Å². The predicted molar refractivity (Wildman–Crippen MR) is 98.6 cm³/mol. The molecule has 0 bridgehead atoms. The third-order valence-electron chi connectivity index (χ3n) is 5.19. The van der Waals surface area contributed by atoms with E-state index < -0.39 is 11.9 Å². The third-order valence-corrected chi connectivity index (χ3v) is 5.19. The molecule has 1 aromatic rings. The molecule has 1 unspecified atom stereocenters. The Bertz CT molecular complexity index is 765. The van der Waals surface area contributed by atoms with Gasteiger partial charge >= 0.3 is 0 Å². The van der Waals surface area contributed by atoms with Crippen molar-refractivity contribution in [2.24, 2.45) is 5.92 Å². The lowest BCUT2D eigenvalue weighted by Gasteiger charge is -2.39. The number of rotatable bonds is 3. The summed E-state index contributed by atoms with van der Waals surface area (Å²) in [5.41, 5.74) is 0.776. The van der Waals surface area contributed by atoms with Gasteiger partial charge in [-0.05, 0) is 37.0 Å². The molecule has 0 N–H and O–H groups in total. The van der Waals surface area contributed by atoms with Crippen LogP contribution in [-0.4, -0.2) is 71.2 Å². The number of amides is 3. The summed E-state index contributed by atoms with van der Waals surface area (Å²) < 4.78 is 13.8. The first-order chi connectivity index (χ1) is 12.8. The van der Waals surface area contributed by atoms with Gasteiger partial charge in [0.2, 0.25) is 11.8 Å². The SMILES string of the molecule is Cc1ccc(C(=O)N2CCC3C(=O)N(CC(C)C)CC(=O)N3CC2)cc1F. The van der Waals surface area contributed by atoms with Gasteiger partial charge in [-0.1, -0.05) is 19.9 Å². The van der Waals surface area contributed by atoms with Crippen LogP contribution in [-0.2, 0) is 9.59 Å². The molecule has 3 rings (SSSR count). The summed E-state index contributed by atoms with van der Waals surface area (Å²) in [5.74, 6) is -0.515. The Labute approximate surface area is 158 Å². The minimum atomic E-state index is -0.516. The van der Waals surface area contributed by atoms with Crippen molar-refractivity contribution in [3.05, 3.63) is 35.1 Å². The van der Waals surface area contributed by atoms with Crippen LogP contribution in [0.4, 0.5) is 4.39 Å². The van der Waals surface area contributed by atoms with Crippen LogP contribution in [0.2, 0.25) is 0 Å². The molecular weight excluding hydrogens is 349 g/mol. The second kappa shape index (κ2) is 7.66. The van der Waals surface area contributed by atoms with Gasteiger partial charge in [-0.15, -0.1) is 0 Å². The summed E-state index contributed by atoms with van der Waals surface area (Å²) in [7, 11) is 0. The number of fused-ring (bicyclic) bond motifs is 1. The van der Waals surface area contributed by atoms with E-state index in [-0.39, 0.29) is 35.7 Å². The predicted octanol–water partition coefficient (Wildman–Crippen LogP) is 1.68. The summed E-state index contributed by atoms with van der Waals surface area (Å²) in [6.45, 7) is 7.36. The van der Waals surface area contributed by atoms with Crippen molar-refractivity contribution in [1.29, 1.82) is 0 Å². The van der Waals surface area contributed by atoms with Gasteiger partial charge in [0.25, 0.3) is 5.91 Å². The Balaban J connectivity index is 1.74. The highest BCUT2D eigenvalue weighted by Gasteiger charge is 2.41. The number of piperazine rings is 1. The van der Waals surface area contributed by atoms with Crippen LogP contribution in [0.25, 0.3) is 0 Å². The van der Waals surface area contributed by atoms with E-state index in [0.29, 0.717) is 38.2 Å². The molecule has 0 spiro atoms. The van der Waals surface area contributed by atoms with Gasteiger partial charge in [0, 0.05) is 31.7 Å². The van der Waals surface area contributed by atoms with Crippen LogP contribution in [0, 0.1) is 18.7 Å². The van der Waals surface area contributed by atoms with Crippen molar-refractivity contribution < 1.29 is 18.8 Å². The first-order valence-corrected chi connectivity index (χ1v) is 9.41. The van der Waals surface area contributed by atoms with E-state index in [1.165, 1.54) is 6.07 Å². The van der Waals surface area contributed by atoms with Crippen LogP contribution >= 0.6 is 0 Å². The number of hydrogen-bond donors (Lipinski definition) is 0. The number of benzene rings is 1. The Kier molecular flexibility index (Phi) is 5.48. The fourth-order valence-corrected chi connectivity index (χ4v) is 3.73. The summed E-state index contributed by atoms with van der Waals surface area (Å²) in [5, 5.41) is 0. The van der Waals surface area contributed by atoms with Crippen molar-refractivity contribution in [1.82, 2.24) is 14.7 Å². The van der Waals surface area contributed by atoms with Gasteiger partial charge in [0.1, 0.15) is 11.9 Å². The van der Waals surface area contributed by atoms with Crippen LogP contribution in [0.15, 0.2) is 18.2 Å². The minimum Gasteiger partial charge on any atom is -0.337 e. The highest BCUT2D eigenvalue weighted by molar-refractivity contribution is 5.96. The average molecular weight is 375 g/mol. The van der Waals surface area contributed by atoms with Gasteiger partial charge in [-0.25, -0.2) is 4.39 Å². The molecule has 0 aromatic heterocycles. The Morgan fingerprint density at radius 1 is 1.22 bits per heavy atom. The van der Waals surface area contributed by atoms with Gasteiger partial charge < -0.3 is 14.7 Å². The van der Waals surface area contributed by atoms with E-state index in [2.05, 4.69) is 0 Å². The topological polar surface area (TPSA) is 60.9 Å². The summed E-state index contributed by atoms with van der Waals surface area (Å²) in [6.07, 6.45) is 0.402. The molecule has 0 radical (unpaired) electrons. The molecule has 1 atom stereocenters. The Hall–Kier alpha value is -2.44. The van der Waals surface area contributed by atoms with E-state index in [0.717, 1.165) is 0 Å². The molecule has 0 saturated carbocycles. The van der Waals surface area contributed by atoms with E-state index >= 15 is 0 Å². The molecule has 7 heteroatoms. The molecule has 6 nitrogen and oxygen atoms in total. The van der Waals surface area contributed by atoms with Crippen molar-refractivity contribution in [2.75, 3.05) is 32.7 Å². The van der Waals surface area contributed by atoms with Crippen molar-refractivity contribution in [3.63, 3.8) is 0 Å². The van der Waals surface area contributed by atoms with Crippen molar-refractivity contribution in [3.8, 4) is 0 Å². The lowest BCUT2D eigenvalue weighted by Crippen LogP contribution is -2.60. The molecule has 1 aromatic carbocycles. The monoisotopic (exact) mass is 375 g/mol. The zero-order valence-corrected chi connectivity index (χ0v) is 16.1. The van der Waals surface area contributed by atoms with Crippen LogP contribution in [0.1, 0.15) is 36.2 Å². The molecule has 2 aliphatic rings. The zero-order chi connectivity index (χ0) is 19.7. The molecule has 2 saturated heterocycles. The third kappa shape index (κ3) is 3.96. The Morgan fingerprint density at radius 2 is 1.96 bits per heavy atom. The lowest BCUT2D eigenvalue weighted by atomic mass is 10.1. The van der Waals surface area contributed by atoms with Crippen LogP contribution in [0.5, 0.6) is 0 Å². The number of aryl methyl sites for hydroxylation is 1. The van der Waals surface area contributed by atoms with Gasteiger partial charge in [0.05, 0.1) is 6.54 Å². The molecule has 146 valence electrons. The molecule has 2 aliphatic heterocycles. The maximum Gasteiger partial charge on any atom is 0.254 e. The minimum absolute atomic E-state index is 0.0426. The second-order valence-electron chi connectivity index (χ2n) is 7.76. The highest BCUT2D eigenvalue weighted by Crippen LogP contribution is 2.21. The largest absolute Gasteiger partial charge is 0.337 e. The first-order valence-electron chi connectivity index (χ1n) is 9.41. The van der Waals surface area contributed by atoms with Crippen LogP contribution in [0.3, 0.4) is 0 Å². The number of hydrogen-bond acceptors (Lipinski definition) is 3. The number of nitrogens with zero attached hydrogens (tertiary/aromatic N) is 3. The first kappa shape index (κ1) is 19.3. The van der Waals surface area contributed by atoms with E-state index in [1.807, 2.05) is 13.8 Å². The second-order valence-corrected chi connectivity index (χ2v) is 7.76. The molecule has 2 fully saturated rings. The van der Waals surface area contributed by atoms with Crippen LogP contribution < -0.4 is 0 Å². The highest BCUT2D eigenvalue weighted by atomic mass is 19.1. The van der Waals surface area contributed by atoms with E-state index in [1.54, 1.807) is 33.8 Å². The van der Waals surface area contributed by atoms with Gasteiger partial charge in [0.15, 0.2) is 0 Å². The average Bonchev–Trinajstić information content (AvgIpc) is 2.84. The molecule has 0 aliphatic carbocycles. The maximum atomic E-state index is 13.8. The quantitative estimate of drug-likeness (QED) is 0.808. The fourth-order valence-electron chi connectivity index (χ4n) is 3.73. The maximum absolute atomic E-state index is 13.8. The summed E-state index contributed by atoms with van der Waals surface area (Å²) in [6, 6.07) is 3.93. The molecule has 3 amide bonds. The lowest BCUT2D eigenvalue weighted by molar-refractivity contribution is -0.156. The van der Waals surface area contributed by atoms with Gasteiger partial charge in [-0.3, -0.25) is 14.4 Å². The van der Waals surface area contributed by atoms with Gasteiger partial charge in [-0.2, -0.15) is 0 Å². The fraction of sp³-hybridized carbons (Fsp3) is 0.550.